The van der Waals surface area contributed by atoms with E-state index in [0.29, 0.717) is 0 Å². The van der Waals surface area contributed by atoms with Gasteiger partial charge < -0.3 is 0 Å². The molecule has 0 saturated carbocycles. The Morgan fingerprint density at radius 2 is 2.00 bits per heavy atom. The standard InChI is InChI=1S/C8H8O2Se.Na/c1-10-7-4-2-6(3-5-7)8(9)11;/h2-5H,1H3,(H,9,11);/q;+1/p-1. The molecule has 0 heterocycles. The van der Waals surface area contributed by atoms with Gasteiger partial charge in [-0.1, -0.05) is 0 Å². The van der Waals surface area contributed by atoms with E-state index in [9.17, 15) is 4.79 Å². The van der Waals surface area contributed by atoms with E-state index in [1.165, 1.54) is 0 Å². The molecule has 1 rings (SSSR count). The molecular weight excluding hydrogens is 230 g/mol. The van der Waals surface area contributed by atoms with Gasteiger partial charge in [0, 0.05) is 0 Å². The molecule has 0 aliphatic heterocycles. The SMILES string of the molecule is COc1ccc(C(=O)[Se][Na])cc1. The second-order valence-corrected chi connectivity index (χ2v) is 5.98. The van der Waals surface area contributed by atoms with Crippen LogP contribution in [0.1, 0.15) is 10.4 Å². The number of carbonyl (C=O) groups is 1. The van der Waals surface area contributed by atoms with Gasteiger partial charge in [0.1, 0.15) is 0 Å². The van der Waals surface area contributed by atoms with Crippen molar-refractivity contribution in [2.45, 2.75) is 0 Å². The first kappa shape index (κ1) is 10.3. The van der Waals surface area contributed by atoms with Crippen LogP contribution in [0.4, 0.5) is 0 Å². The molecule has 0 unspecified atom stereocenters. The van der Waals surface area contributed by atoms with Crippen LogP contribution in [-0.2, 0) is 0 Å². The third-order valence-corrected chi connectivity index (χ3v) is 4.71. The van der Waals surface area contributed by atoms with Crippen molar-refractivity contribution in [1.82, 2.24) is 0 Å². The van der Waals surface area contributed by atoms with E-state index in [-0.39, 0.29) is 15.2 Å². The summed E-state index contributed by atoms with van der Waals surface area (Å²) in [5, 5.41) is 0. The van der Waals surface area contributed by atoms with Crippen molar-refractivity contribution < 1.29 is 9.53 Å². The van der Waals surface area contributed by atoms with E-state index in [2.05, 4.69) is 0 Å². The van der Waals surface area contributed by atoms with E-state index >= 15 is 0 Å². The van der Waals surface area contributed by atoms with Crippen molar-refractivity contribution in [1.29, 1.82) is 0 Å². The van der Waals surface area contributed by atoms with E-state index in [1.807, 2.05) is 24.3 Å². The van der Waals surface area contributed by atoms with Crippen molar-refractivity contribution >= 4 is 40.6 Å². The maximum absolute atomic E-state index is 11.2. The molecule has 1 aromatic carbocycles. The third kappa shape index (κ3) is 2.61. The van der Waals surface area contributed by atoms with E-state index in [0.717, 1.165) is 36.7 Å². The molecule has 58 valence electrons. The molecule has 0 atom stereocenters. The summed E-state index contributed by atoms with van der Waals surface area (Å²) in [6.07, 6.45) is 0. The zero-order valence-electron chi connectivity index (χ0n) is 7.03. The molecule has 0 radical (unpaired) electrons. The average Bonchev–Trinajstić information content (AvgIpc) is 2.17. The van der Waals surface area contributed by atoms with Crippen LogP contribution >= 0.6 is 0 Å². The van der Waals surface area contributed by atoms with Gasteiger partial charge in [-0.15, -0.1) is 0 Å². The molecule has 2 nitrogen and oxygen atoms in total. The predicted octanol–water partition coefficient (Wildman–Crippen LogP) is 0.623. The molecular formula is C8H7NaO2Se. The van der Waals surface area contributed by atoms with E-state index in [1.54, 1.807) is 7.11 Å². The fourth-order valence-electron chi connectivity index (χ4n) is 0.845. The van der Waals surface area contributed by atoms with Crippen molar-refractivity contribution in [3.8, 4) is 5.75 Å². The summed E-state index contributed by atoms with van der Waals surface area (Å²) in [5.41, 5.74) is 0.811. The Hall–Kier alpha value is 0.209. The fraction of sp³-hybridized carbons (Fsp3) is 0.125. The minimum absolute atomic E-state index is 0.189. The molecule has 0 amide bonds. The second kappa shape index (κ2) is 5.05. The molecule has 0 bridgehead atoms. The number of methoxy groups -OCH3 is 1. The number of hydrogen-bond donors (Lipinski definition) is 0. The van der Waals surface area contributed by atoms with Gasteiger partial charge in [0.25, 0.3) is 0 Å². The fourth-order valence-corrected chi connectivity index (χ4v) is 2.85. The van der Waals surface area contributed by atoms with Crippen LogP contribution in [0, 0.1) is 0 Å². The number of carbonyl (C=O) groups excluding carboxylic acids is 1. The number of rotatable bonds is 3. The van der Waals surface area contributed by atoms with Gasteiger partial charge in [-0.25, -0.2) is 0 Å². The molecule has 0 aromatic heterocycles. The van der Waals surface area contributed by atoms with Crippen molar-refractivity contribution in [2.75, 3.05) is 7.11 Å². The zero-order valence-corrected chi connectivity index (χ0v) is 10.7. The summed E-state index contributed by atoms with van der Waals surface area (Å²) >= 11 is 0.988. The topological polar surface area (TPSA) is 26.3 Å². The van der Waals surface area contributed by atoms with Crippen molar-refractivity contribution in [2.24, 2.45) is 0 Å². The van der Waals surface area contributed by atoms with Gasteiger partial charge in [-0.05, 0) is 0 Å². The molecule has 0 spiro atoms. The second-order valence-electron chi connectivity index (χ2n) is 2.22. The maximum atomic E-state index is 11.2. The normalized spacial score (nSPS) is 9.58. The quantitative estimate of drug-likeness (QED) is 0.720. The number of benzene rings is 1. The zero-order chi connectivity index (χ0) is 8.97. The first-order valence-electron chi connectivity index (χ1n) is 3.50. The van der Waals surface area contributed by atoms with Crippen LogP contribution in [0.3, 0.4) is 0 Å². The summed E-state index contributed by atoms with van der Waals surface area (Å²) < 4.78 is 5.27. The number of ether oxygens (including phenoxy) is 1. The summed E-state index contributed by atoms with van der Waals surface area (Å²) in [5.74, 6) is 0.799. The van der Waals surface area contributed by atoms with Gasteiger partial charge in [0.2, 0.25) is 0 Å². The van der Waals surface area contributed by atoms with Crippen LogP contribution in [0.5, 0.6) is 5.75 Å². The van der Waals surface area contributed by atoms with Crippen molar-refractivity contribution in [3.63, 3.8) is 0 Å². The van der Waals surface area contributed by atoms with Crippen LogP contribution in [-0.4, -0.2) is 47.7 Å². The average molecular weight is 237 g/mol. The first-order valence-corrected chi connectivity index (χ1v) is 10.3. The summed E-state index contributed by atoms with van der Waals surface area (Å²) in [6.45, 7) is 0. The Morgan fingerprint density at radius 3 is 2.42 bits per heavy atom. The molecule has 0 saturated heterocycles. The van der Waals surface area contributed by atoms with Gasteiger partial charge in [-0.3, -0.25) is 0 Å². The first-order chi connectivity index (χ1) is 5.77. The van der Waals surface area contributed by atoms with Crippen LogP contribution < -0.4 is 4.74 Å². The molecule has 12 heavy (non-hydrogen) atoms. The Morgan fingerprint density at radius 1 is 1.42 bits per heavy atom. The summed E-state index contributed by atoms with van der Waals surface area (Å²) in [4.78, 5) is 11.2. The summed E-state index contributed by atoms with van der Waals surface area (Å²) in [6, 6.07) is 7.28. The van der Waals surface area contributed by atoms with E-state index < -0.39 is 0 Å². The molecule has 0 N–H and O–H groups in total. The Labute approximate surface area is 92.1 Å². The van der Waals surface area contributed by atoms with Gasteiger partial charge in [-0.2, -0.15) is 0 Å². The van der Waals surface area contributed by atoms with E-state index in [4.69, 9.17) is 4.74 Å². The Bertz CT molecular complexity index is 271. The van der Waals surface area contributed by atoms with Gasteiger partial charge in [0.15, 0.2) is 0 Å². The third-order valence-electron chi connectivity index (χ3n) is 1.51. The summed E-state index contributed by atoms with van der Waals surface area (Å²) in [7, 11) is 1.81. The number of hydrogen-bond acceptors (Lipinski definition) is 2. The molecule has 0 aliphatic carbocycles. The van der Waals surface area contributed by atoms with Gasteiger partial charge in [0.05, 0.1) is 0 Å². The molecule has 0 aliphatic rings. The Kier molecular flexibility index (Phi) is 4.33. The molecule has 0 fully saturated rings. The predicted molar refractivity (Wildman–Crippen MR) is 48.8 cm³/mol. The molecule has 4 heteroatoms. The molecule has 1 aromatic rings. The monoisotopic (exact) mass is 238 g/mol. The van der Waals surface area contributed by atoms with Crippen LogP contribution in [0.15, 0.2) is 24.3 Å². The van der Waals surface area contributed by atoms with Crippen LogP contribution in [0.25, 0.3) is 0 Å². The Balaban J connectivity index is 2.84. The van der Waals surface area contributed by atoms with Crippen molar-refractivity contribution in [3.05, 3.63) is 29.8 Å². The minimum atomic E-state index is 0.189. The van der Waals surface area contributed by atoms with Gasteiger partial charge >= 0.3 is 92.8 Å². The van der Waals surface area contributed by atoms with Crippen LogP contribution in [0.2, 0.25) is 0 Å².